The molecule has 0 aliphatic heterocycles. The van der Waals surface area contributed by atoms with E-state index in [2.05, 4.69) is 21.2 Å². The number of ether oxygens (including phenoxy) is 1. The summed E-state index contributed by atoms with van der Waals surface area (Å²) in [6.45, 7) is 1.29. The summed E-state index contributed by atoms with van der Waals surface area (Å²) in [5.74, 6) is 0.0743. The van der Waals surface area contributed by atoms with Crippen LogP contribution in [0.5, 0.6) is 5.75 Å². The number of hydrogen-bond acceptors (Lipinski definition) is 5. The Balaban J connectivity index is 1.90. The summed E-state index contributed by atoms with van der Waals surface area (Å²) in [5.41, 5.74) is 1.47. The first-order valence-corrected chi connectivity index (χ1v) is 8.74. The van der Waals surface area contributed by atoms with Gasteiger partial charge in [-0.25, -0.2) is 0 Å². The maximum absolute atomic E-state index is 12.2. The van der Waals surface area contributed by atoms with Gasteiger partial charge in [0.05, 0.1) is 23.8 Å². The molecule has 0 heterocycles. The minimum absolute atomic E-state index is 0.0898. The van der Waals surface area contributed by atoms with Crippen molar-refractivity contribution in [3.8, 4) is 5.75 Å². The topological polar surface area (TPSA) is 84.7 Å². The molecular formula is C18H20BrN3O4. The Morgan fingerprint density at radius 2 is 2.04 bits per heavy atom. The van der Waals surface area contributed by atoms with Gasteiger partial charge in [-0.15, -0.1) is 0 Å². The molecule has 26 heavy (non-hydrogen) atoms. The first-order valence-electron chi connectivity index (χ1n) is 7.95. The number of anilines is 1. The lowest BCUT2D eigenvalue weighted by Gasteiger charge is -2.17. The molecule has 0 radical (unpaired) electrons. The number of carbonyl (C=O) groups excluding carboxylic acids is 1. The number of nitrogens with zero attached hydrogens (tertiary/aromatic N) is 2. The molecule has 0 saturated carbocycles. The molecule has 2 rings (SSSR count). The van der Waals surface area contributed by atoms with Crippen LogP contribution in [-0.4, -0.2) is 36.4 Å². The maximum atomic E-state index is 12.2. The minimum Gasteiger partial charge on any atom is -0.494 e. The van der Waals surface area contributed by atoms with Crippen molar-refractivity contribution < 1.29 is 14.5 Å². The highest BCUT2D eigenvalue weighted by Crippen LogP contribution is 2.29. The van der Waals surface area contributed by atoms with Gasteiger partial charge in [0.1, 0.15) is 5.75 Å². The van der Waals surface area contributed by atoms with E-state index in [0.29, 0.717) is 18.7 Å². The van der Waals surface area contributed by atoms with Crippen LogP contribution >= 0.6 is 15.9 Å². The van der Waals surface area contributed by atoms with E-state index in [4.69, 9.17) is 4.74 Å². The fourth-order valence-electron chi connectivity index (χ4n) is 2.40. The molecule has 1 amide bonds. The van der Waals surface area contributed by atoms with Crippen LogP contribution in [0, 0.1) is 10.1 Å². The second-order valence-corrected chi connectivity index (χ2v) is 6.62. The molecule has 138 valence electrons. The molecule has 0 aromatic heterocycles. The molecule has 0 spiro atoms. The van der Waals surface area contributed by atoms with Crippen LogP contribution in [0.1, 0.15) is 12.0 Å². The van der Waals surface area contributed by atoms with Gasteiger partial charge in [0.25, 0.3) is 5.69 Å². The highest BCUT2D eigenvalue weighted by molar-refractivity contribution is 9.10. The molecule has 0 unspecified atom stereocenters. The zero-order valence-electron chi connectivity index (χ0n) is 14.6. The van der Waals surface area contributed by atoms with Crippen molar-refractivity contribution in [2.75, 3.05) is 26.0 Å². The van der Waals surface area contributed by atoms with Crippen molar-refractivity contribution in [1.29, 1.82) is 0 Å². The predicted octanol–water partition coefficient (Wildman–Crippen LogP) is 3.83. The van der Waals surface area contributed by atoms with E-state index in [9.17, 15) is 14.9 Å². The second kappa shape index (κ2) is 9.30. The summed E-state index contributed by atoms with van der Waals surface area (Å²) in [6, 6.07) is 12.0. The maximum Gasteiger partial charge on any atom is 0.273 e. The molecule has 2 aromatic rings. The fourth-order valence-corrected chi connectivity index (χ4v) is 2.81. The van der Waals surface area contributed by atoms with E-state index in [1.807, 2.05) is 36.2 Å². The van der Waals surface area contributed by atoms with E-state index in [1.165, 1.54) is 25.3 Å². The van der Waals surface area contributed by atoms with Crippen LogP contribution in [0.2, 0.25) is 0 Å². The summed E-state index contributed by atoms with van der Waals surface area (Å²) < 4.78 is 6.15. The number of hydrogen-bond donors (Lipinski definition) is 1. The number of methoxy groups -OCH3 is 1. The molecule has 0 fully saturated rings. The van der Waals surface area contributed by atoms with Gasteiger partial charge in [-0.3, -0.25) is 14.9 Å². The van der Waals surface area contributed by atoms with Crippen LogP contribution in [0.3, 0.4) is 0 Å². The third-order valence-electron chi connectivity index (χ3n) is 3.79. The van der Waals surface area contributed by atoms with Crippen molar-refractivity contribution >= 4 is 33.2 Å². The Labute approximate surface area is 160 Å². The van der Waals surface area contributed by atoms with Gasteiger partial charge in [-0.1, -0.05) is 34.1 Å². The lowest BCUT2D eigenvalue weighted by atomic mass is 10.2. The van der Waals surface area contributed by atoms with Crippen LogP contribution in [0.4, 0.5) is 11.4 Å². The Bertz CT molecular complexity index is 798. The zero-order valence-corrected chi connectivity index (χ0v) is 16.2. The summed E-state index contributed by atoms with van der Waals surface area (Å²) in [4.78, 5) is 24.5. The molecule has 0 bridgehead atoms. The molecule has 8 heteroatoms. The Morgan fingerprint density at radius 1 is 1.31 bits per heavy atom. The van der Waals surface area contributed by atoms with Crippen LogP contribution in [0.15, 0.2) is 46.9 Å². The number of non-ortho nitro benzene ring substituents is 1. The quantitative estimate of drug-likeness (QED) is 0.517. The smallest absolute Gasteiger partial charge is 0.273 e. The van der Waals surface area contributed by atoms with E-state index < -0.39 is 4.92 Å². The predicted molar refractivity (Wildman–Crippen MR) is 103 cm³/mol. The van der Waals surface area contributed by atoms with Crippen LogP contribution in [0.25, 0.3) is 0 Å². The van der Waals surface area contributed by atoms with Crippen molar-refractivity contribution in [1.82, 2.24) is 4.90 Å². The monoisotopic (exact) mass is 421 g/mol. The molecule has 0 aliphatic carbocycles. The molecular weight excluding hydrogens is 402 g/mol. The van der Waals surface area contributed by atoms with Crippen LogP contribution < -0.4 is 10.1 Å². The lowest BCUT2D eigenvalue weighted by Crippen LogP contribution is -2.24. The summed E-state index contributed by atoms with van der Waals surface area (Å²) >= 11 is 3.51. The average molecular weight is 422 g/mol. The van der Waals surface area contributed by atoms with E-state index >= 15 is 0 Å². The fraction of sp³-hybridized carbons (Fsp3) is 0.278. The third kappa shape index (κ3) is 5.53. The van der Waals surface area contributed by atoms with Gasteiger partial charge in [-0.05, 0) is 24.7 Å². The van der Waals surface area contributed by atoms with Crippen molar-refractivity contribution in [3.63, 3.8) is 0 Å². The van der Waals surface area contributed by atoms with Crippen molar-refractivity contribution in [3.05, 3.63) is 62.6 Å². The van der Waals surface area contributed by atoms with Gasteiger partial charge in [0.15, 0.2) is 0 Å². The number of halogens is 1. The SMILES string of the molecule is COc1cc([N+](=O)[O-])ccc1NC(=O)CCN(C)Cc1ccccc1Br. The Morgan fingerprint density at radius 3 is 2.69 bits per heavy atom. The summed E-state index contributed by atoms with van der Waals surface area (Å²) in [7, 11) is 3.35. The van der Waals surface area contributed by atoms with Gasteiger partial charge in [0, 0.05) is 30.0 Å². The number of rotatable bonds is 8. The normalized spacial score (nSPS) is 10.6. The number of nitro groups is 1. The molecule has 0 saturated heterocycles. The largest absolute Gasteiger partial charge is 0.494 e. The number of nitrogens with one attached hydrogen (secondary N) is 1. The van der Waals surface area contributed by atoms with Crippen molar-refractivity contribution in [2.45, 2.75) is 13.0 Å². The zero-order chi connectivity index (χ0) is 19.1. The summed E-state index contributed by atoms with van der Waals surface area (Å²) in [6.07, 6.45) is 0.293. The lowest BCUT2D eigenvalue weighted by molar-refractivity contribution is -0.384. The van der Waals surface area contributed by atoms with E-state index in [1.54, 1.807) is 0 Å². The van der Waals surface area contributed by atoms with Gasteiger partial charge in [-0.2, -0.15) is 0 Å². The average Bonchev–Trinajstić information content (AvgIpc) is 2.62. The van der Waals surface area contributed by atoms with Crippen molar-refractivity contribution in [2.24, 2.45) is 0 Å². The molecule has 2 aromatic carbocycles. The van der Waals surface area contributed by atoms with Gasteiger partial charge in [0.2, 0.25) is 5.91 Å². The van der Waals surface area contributed by atoms with Gasteiger partial charge < -0.3 is 15.0 Å². The number of nitro benzene ring substituents is 1. The molecule has 0 aliphatic rings. The number of carbonyl (C=O) groups is 1. The molecule has 0 atom stereocenters. The minimum atomic E-state index is -0.509. The second-order valence-electron chi connectivity index (χ2n) is 5.77. The Kier molecular flexibility index (Phi) is 7.11. The number of amides is 1. The van der Waals surface area contributed by atoms with E-state index in [0.717, 1.165) is 16.6 Å². The third-order valence-corrected chi connectivity index (χ3v) is 4.56. The first-order chi connectivity index (χ1) is 12.4. The first kappa shape index (κ1) is 19.9. The standard InChI is InChI=1S/C18H20BrN3O4/c1-21(12-13-5-3-4-6-15(13)19)10-9-18(23)20-16-8-7-14(22(24)25)11-17(16)26-2/h3-8,11H,9-10,12H2,1-2H3,(H,20,23). The molecule has 7 nitrogen and oxygen atoms in total. The highest BCUT2D eigenvalue weighted by atomic mass is 79.9. The highest BCUT2D eigenvalue weighted by Gasteiger charge is 2.14. The van der Waals surface area contributed by atoms with E-state index in [-0.39, 0.29) is 17.3 Å². The number of benzene rings is 2. The summed E-state index contributed by atoms with van der Waals surface area (Å²) in [5, 5.41) is 13.5. The Hall–Kier alpha value is -2.45. The van der Waals surface area contributed by atoms with Crippen LogP contribution in [-0.2, 0) is 11.3 Å². The molecule has 1 N–H and O–H groups in total. The van der Waals surface area contributed by atoms with Gasteiger partial charge >= 0.3 is 0 Å².